The number of ketones is 1. The first-order valence-corrected chi connectivity index (χ1v) is 10.2. The molecular weight excluding hydrogens is 396 g/mol. The minimum Gasteiger partial charge on any atom is -0.507 e. The predicted octanol–water partition coefficient (Wildman–Crippen LogP) is 3.58. The van der Waals surface area contributed by atoms with Crippen molar-refractivity contribution in [3.8, 4) is 11.5 Å². The highest BCUT2D eigenvalue weighted by Crippen LogP contribution is 2.40. The molecule has 7 heteroatoms. The molecule has 1 aliphatic rings. The molecule has 7 nitrogen and oxygen atoms in total. The smallest absolute Gasteiger partial charge is 0.231 e. The normalized spacial score (nSPS) is 14.5. The molecule has 0 spiro atoms. The second-order valence-corrected chi connectivity index (χ2v) is 7.43. The van der Waals surface area contributed by atoms with Gasteiger partial charge in [-0.1, -0.05) is 18.2 Å². The minimum atomic E-state index is -0.193. The number of H-pyrrole nitrogens is 1. The summed E-state index contributed by atoms with van der Waals surface area (Å²) in [6.45, 7) is 2.83. The van der Waals surface area contributed by atoms with Crippen LogP contribution >= 0.6 is 0 Å². The van der Waals surface area contributed by atoms with Crippen LogP contribution in [0.3, 0.4) is 0 Å². The van der Waals surface area contributed by atoms with E-state index in [1.54, 1.807) is 32.4 Å². The maximum atomic E-state index is 13.0. The number of nitrogens with zero attached hydrogens (tertiary/aromatic N) is 1. The summed E-state index contributed by atoms with van der Waals surface area (Å²) in [4.78, 5) is 18.3. The third-order valence-electron chi connectivity index (χ3n) is 5.43. The van der Waals surface area contributed by atoms with Crippen LogP contribution in [-0.2, 0) is 16.0 Å². The van der Waals surface area contributed by atoms with Crippen molar-refractivity contribution in [2.75, 3.05) is 40.5 Å². The number of para-hydroxylation sites is 1. The number of ether oxygens (including phenoxy) is 3. The van der Waals surface area contributed by atoms with E-state index < -0.39 is 0 Å². The zero-order chi connectivity index (χ0) is 21.8. The van der Waals surface area contributed by atoms with Gasteiger partial charge in [0, 0.05) is 56.5 Å². The SMILES string of the molecule is COCCN(CCOC)Cc1c(O)ccc2c1O/C(=C/c1c[nH]c3ccccc13)C2=O. The van der Waals surface area contributed by atoms with Crippen LogP contribution in [0.4, 0.5) is 0 Å². The Labute approximate surface area is 180 Å². The fourth-order valence-corrected chi connectivity index (χ4v) is 3.74. The maximum Gasteiger partial charge on any atom is 0.231 e. The molecule has 31 heavy (non-hydrogen) atoms. The van der Waals surface area contributed by atoms with Gasteiger partial charge in [0.05, 0.1) is 24.3 Å². The summed E-state index contributed by atoms with van der Waals surface area (Å²) in [6, 6.07) is 11.0. The molecule has 0 bridgehead atoms. The molecule has 0 saturated carbocycles. The van der Waals surface area contributed by atoms with Crippen molar-refractivity contribution < 1.29 is 24.1 Å². The number of aromatic nitrogens is 1. The summed E-state index contributed by atoms with van der Waals surface area (Å²) < 4.78 is 16.4. The summed E-state index contributed by atoms with van der Waals surface area (Å²) in [5, 5.41) is 11.5. The van der Waals surface area contributed by atoms with Gasteiger partial charge in [-0.2, -0.15) is 0 Å². The maximum absolute atomic E-state index is 13.0. The Hall–Kier alpha value is -3.13. The largest absolute Gasteiger partial charge is 0.507 e. The molecule has 1 aromatic heterocycles. The van der Waals surface area contributed by atoms with Crippen LogP contribution in [0.25, 0.3) is 17.0 Å². The average molecular weight is 422 g/mol. The Bertz CT molecular complexity index is 1110. The second kappa shape index (κ2) is 9.34. The van der Waals surface area contributed by atoms with Crippen LogP contribution in [0.1, 0.15) is 21.5 Å². The quantitative estimate of drug-likeness (QED) is 0.513. The highest BCUT2D eigenvalue weighted by atomic mass is 16.5. The number of allylic oxidation sites excluding steroid dienone is 1. The van der Waals surface area contributed by atoms with E-state index in [1.165, 1.54) is 0 Å². The first kappa shape index (κ1) is 21.1. The first-order chi connectivity index (χ1) is 15.1. The number of benzene rings is 2. The molecule has 0 amide bonds. The van der Waals surface area contributed by atoms with Gasteiger partial charge in [0.15, 0.2) is 5.76 Å². The van der Waals surface area contributed by atoms with Crippen LogP contribution < -0.4 is 4.74 Å². The summed E-state index contributed by atoms with van der Waals surface area (Å²) >= 11 is 0. The number of carbonyl (C=O) groups excluding carboxylic acids is 1. The van der Waals surface area contributed by atoms with Gasteiger partial charge >= 0.3 is 0 Å². The highest BCUT2D eigenvalue weighted by molar-refractivity contribution is 6.15. The van der Waals surface area contributed by atoms with E-state index in [9.17, 15) is 9.90 Å². The standard InChI is InChI=1S/C24H26N2O5/c1-29-11-9-26(10-12-30-2)15-19-21(27)8-7-18-23(28)22(31-24(18)19)13-16-14-25-20-6-4-3-5-17(16)20/h3-8,13-14,25,27H,9-12,15H2,1-2H3/b22-13+. The number of nitrogens with one attached hydrogen (secondary N) is 1. The molecule has 1 aliphatic heterocycles. The molecule has 0 fully saturated rings. The molecule has 0 aliphatic carbocycles. The molecule has 3 aromatic rings. The van der Waals surface area contributed by atoms with Gasteiger partial charge in [-0.3, -0.25) is 9.69 Å². The lowest BCUT2D eigenvalue weighted by Crippen LogP contribution is -2.30. The predicted molar refractivity (Wildman–Crippen MR) is 118 cm³/mol. The Morgan fingerprint density at radius 3 is 2.58 bits per heavy atom. The number of aromatic amines is 1. The number of Topliss-reactive ketones (excluding diaryl/α,β-unsaturated/α-hetero) is 1. The van der Waals surface area contributed by atoms with Gasteiger partial charge in [0.1, 0.15) is 11.5 Å². The molecule has 0 unspecified atom stereocenters. The van der Waals surface area contributed by atoms with Gasteiger partial charge in [-0.15, -0.1) is 0 Å². The molecule has 0 atom stereocenters. The van der Waals surface area contributed by atoms with Gasteiger partial charge < -0.3 is 24.3 Å². The fraction of sp³-hybridized carbons (Fsp3) is 0.292. The van der Waals surface area contributed by atoms with Crippen LogP contribution in [-0.4, -0.2) is 61.3 Å². The lowest BCUT2D eigenvalue weighted by atomic mass is 10.0. The number of hydrogen-bond donors (Lipinski definition) is 2. The highest BCUT2D eigenvalue weighted by Gasteiger charge is 2.31. The van der Waals surface area contributed by atoms with Crippen molar-refractivity contribution in [3.63, 3.8) is 0 Å². The van der Waals surface area contributed by atoms with Crippen LogP contribution in [0.15, 0.2) is 48.4 Å². The second-order valence-electron chi connectivity index (χ2n) is 7.43. The molecule has 2 N–H and O–H groups in total. The Morgan fingerprint density at radius 1 is 1.10 bits per heavy atom. The Kier molecular flexibility index (Phi) is 6.36. The van der Waals surface area contributed by atoms with Gasteiger partial charge in [-0.05, 0) is 24.3 Å². The summed E-state index contributed by atoms with van der Waals surface area (Å²) in [7, 11) is 3.30. The monoisotopic (exact) mass is 422 g/mol. The van der Waals surface area contributed by atoms with Gasteiger partial charge in [-0.25, -0.2) is 0 Å². The number of rotatable bonds is 9. The summed E-state index contributed by atoms with van der Waals surface area (Å²) in [6.07, 6.45) is 3.60. The Morgan fingerprint density at radius 2 is 1.84 bits per heavy atom. The third-order valence-corrected chi connectivity index (χ3v) is 5.43. The minimum absolute atomic E-state index is 0.0970. The summed E-state index contributed by atoms with van der Waals surface area (Å²) in [5.74, 6) is 0.560. The number of aromatic hydroxyl groups is 1. The van der Waals surface area contributed by atoms with Crippen LogP contribution in [0, 0.1) is 0 Å². The molecule has 0 saturated heterocycles. The van der Waals surface area contributed by atoms with Crippen molar-refractivity contribution in [1.82, 2.24) is 9.88 Å². The van der Waals surface area contributed by atoms with E-state index >= 15 is 0 Å². The molecule has 2 aromatic carbocycles. The lowest BCUT2D eigenvalue weighted by molar-refractivity contribution is 0.101. The average Bonchev–Trinajstić information content (AvgIpc) is 3.33. The fourth-order valence-electron chi connectivity index (χ4n) is 3.74. The van der Waals surface area contributed by atoms with E-state index in [2.05, 4.69) is 9.88 Å². The van der Waals surface area contributed by atoms with Crippen molar-refractivity contribution >= 4 is 22.8 Å². The molecule has 162 valence electrons. The van der Waals surface area contributed by atoms with E-state index in [1.807, 2.05) is 30.5 Å². The van der Waals surface area contributed by atoms with E-state index in [-0.39, 0.29) is 17.3 Å². The van der Waals surface area contributed by atoms with Crippen molar-refractivity contribution in [2.45, 2.75) is 6.54 Å². The number of phenols is 1. The van der Waals surface area contributed by atoms with Gasteiger partial charge in [0.25, 0.3) is 0 Å². The Balaban J connectivity index is 1.64. The van der Waals surface area contributed by atoms with Crippen molar-refractivity contribution in [3.05, 3.63) is 65.0 Å². The lowest BCUT2D eigenvalue weighted by Gasteiger charge is -2.23. The zero-order valence-electron chi connectivity index (χ0n) is 17.7. The summed E-state index contributed by atoms with van der Waals surface area (Å²) in [5.41, 5.74) is 2.90. The number of phenolic OH excluding ortho intramolecular Hbond substituents is 1. The number of fused-ring (bicyclic) bond motifs is 2. The van der Waals surface area contributed by atoms with E-state index in [0.717, 1.165) is 16.5 Å². The first-order valence-electron chi connectivity index (χ1n) is 10.2. The van der Waals surface area contributed by atoms with Crippen LogP contribution in [0.2, 0.25) is 0 Å². The topological polar surface area (TPSA) is 84.0 Å². The van der Waals surface area contributed by atoms with Crippen LogP contribution in [0.5, 0.6) is 11.5 Å². The molecule has 4 rings (SSSR count). The van der Waals surface area contributed by atoms with Gasteiger partial charge in [0.2, 0.25) is 5.78 Å². The van der Waals surface area contributed by atoms with Crippen molar-refractivity contribution in [1.29, 1.82) is 0 Å². The zero-order valence-corrected chi connectivity index (χ0v) is 17.7. The van der Waals surface area contributed by atoms with E-state index in [4.69, 9.17) is 14.2 Å². The molecular formula is C24H26N2O5. The van der Waals surface area contributed by atoms with E-state index in [0.29, 0.717) is 49.7 Å². The molecule has 0 radical (unpaired) electrons. The number of carbonyl (C=O) groups is 1. The molecule has 2 heterocycles. The number of methoxy groups -OCH3 is 2. The number of hydrogen-bond acceptors (Lipinski definition) is 6. The van der Waals surface area contributed by atoms with Crippen molar-refractivity contribution in [2.24, 2.45) is 0 Å². The third kappa shape index (κ3) is 4.34.